The van der Waals surface area contributed by atoms with Crippen molar-refractivity contribution in [2.75, 3.05) is 137 Å². The summed E-state index contributed by atoms with van der Waals surface area (Å²) in [4.78, 5) is 0. The van der Waals surface area contributed by atoms with Crippen molar-refractivity contribution in [2.45, 2.75) is 223 Å². The summed E-state index contributed by atoms with van der Waals surface area (Å²) in [7, 11) is 2.04. The lowest BCUT2D eigenvalue weighted by Crippen LogP contribution is -2.49. The van der Waals surface area contributed by atoms with Gasteiger partial charge in [-0.1, -0.05) is 104 Å². The summed E-state index contributed by atoms with van der Waals surface area (Å²) >= 11 is 4.36. The third-order valence-electron chi connectivity index (χ3n) is 16.5. The van der Waals surface area contributed by atoms with Gasteiger partial charge in [0.25, 0.3) is 0 Å². The zero-order chi connectivity index (χ0) is 63.0. The molecule has 0 spiro atoms. The first-order valence-electron chi connectivity index (χ1n) is 34.4. The zero-order valence-electron chi connectivity index (χ0n) is 57.1. The Hall–Kier alpha value is 3.19. The van der Waals surface area contributed by atoms with Gasteiger partial charge in [0.05, 0.1) is 0 Å². The SMILES string of the molecule is CCO[Si](CCCSSCCC1CC(CCSSCCC2CCCC(CSCCC(C)[Si](OCC)(OCC)OCC)C(CCSSCCC[Si](OCC)(OCC)OCC)C2)CCCC1CSCCC(C)[Si](OCC)(OCC)OCC)(OCC)OCC. The van der Waals surface area contributed by atoms with Gasteiger partial charge in [0, 0.05) is 137 Å². The molecule has 24 heteroatoms. The van der Waals surface area contributed by atoms with Crippen molar-refractivity contribution < 1.29 is 53.1 Å². The van der Waals surface area contributed by atoms with E-state index in [1.807, 2.05) is 21.6 Å². The van der Waals surface area contributed by atoms with Gasteiger partial charge in [-0.15, -0.1) is 0 Å². The lowest BCUT2D eigenvalue weighted by atomic mass is 9.84. The second-order valence-electron chi connectivity index (χ2n) is 22.7. The van der Waals surface area contributed by atoms with Crippen LogP contribution in [0.15, 0.2) is 0 Å². The summed E-state index contributed by atoms with van der Waals surface area (Å²) in [5, 5.41) is 0. The second kappa shape index (κ2) is 54.2. The Balaban J connectivity index is 2.05. The van der Waals surface area contributed by atoms with Gasteiger partial charge in [0.2, 0.25) is 0 Å². The number of hydrogen-bond acceptors (Lipinski definition) is 20. The molecule has 2 aliphatic carbocycles. The Bertz CT molecular complexity index is 1380. The zero-order valence-corrected chi connectivity index (χ0v) is 67.6. The van der Waals surface area contributed by atoms with E-state index in [1.54, 1.807) is 0 Å². The van der Waals surface area contributed by atoms with Crippen LogP contribution in [0.5, 0.6) is 0 Å². The van der Waals surface area contributed by atoms with Crippen LogP contribution in [0.4, 0.5) is 0 Å². The fourth-order valence-corrected chi connectivity index (χ4v) is 34.0. The summed E-state index contributed by atoms with van der Waals surface area (Å²) in [6, 6.07) is 1.79. The van der Waals surface area contributed by atoms with Crippen LogP contribution in [-0.2, 0) is 53.1 Å². The van der Waals surface area contributed by atoms with Crippen LogP contribution in [-0.4, -0.2) is 172 Å². The number of rotatable bonds is 59. The standard InChI is InChI=1S/C62H130O12S8Si4/c1-15-63-83(64-16-2,65-17-3)49-29-41-77-81-47-39-59-51-57(31-27-33-61(59)53-75-43-35-55(13)85(69-21-7,70-22-8)71-23-9)37-45-79-80-46-38-58-32-28-34-62(54-76-44-36-56(14)86(72-24-10,73-25-11)74-26-12)60(52-58)40-48-82-78-42-30-50-84(66-18-4,67-19-5)68-20-6/h55-62H,15-54H2,1-14H3. The third-order valence-corrected chi connectivity index (χ3v) is 39.9. The highest BCUT2D eigenvalue weighted by molar-refractivity contribution is 8.77. The van der Waals surface area contributed by atoms with E-state index in [4.69, 9.17) is 53.1 Å². The van der Waals surface area contributed by atoms with E-state index in [0.29, 0.717) is 90.4 Å². The van der Waals surface area contributed by atoms with E-state index in [0.717, 1.165) is 96.3 Å². The Morgan fingerprint density at radius 3 is 0.895 bits per heavy atom. The van der Waals surface area contributed by atoms with Gasteiger partial charge in [-0.3, -0.25) is 0 Å². The molecule has 2 saturated carbocycles. The van der Waals surface area contributed by atoms with Crippen molar-refractivity contribution >= 4 is 124 Å². The molecule has 514 valence electrons. The van der Waals surface area contributed by atoms with E-state index in [-0.39, 0.29) is 0 Å². The quantitative estimate of drug-likeness (QED) is 0.0249. The maximum atomic E-state index is 6.31. The highest BCUT2D eigenvalue weighted by Crippen LogP contribution is 2.44. The molecular formula is C62H130O12S8Si4. The van der Waals surface area contributed by atoms with Crippen LogP contribution in [0.25, 0.3) is 0 Å². The molecule has 2 rings (SSSR count). The molecule has 0 radical (unpaired) electrons. The molecule has 0 heterocycles. The molecule has 0 aromatic carbocycles. The molecule has 0 aromatic heterocycles. The van der Waals surface area contributed by atoms with E-state index in [2.05, 4.69) is 164 Å². The summed E-state index contributed by atoms with van der Waals surface area (Å²) < 4.78 is 74.8. The van der Waals surface area contributed by atoms with Gasteiger partial charge in [-0.25, -0.2) is 0 Å². The van der Waals surface area contributed by atoms with E-state index in [1.165, 1.54) is 112 Å². The first-order valence-corrected chi connectivity index (χ1v) is 51.7. The minimum atomic E-state index is -2.71. The van der Waals surface area contributed by atoms with Crippen LogP contribution >= 0.6 is 88.3 Å². The molecule has 0 aliphatic heterocycles. The summed E-state index contributed by atoms with van der Waals surface area (Å²) in [6.07, 6.45) is 20.7. The maximum absolute atomic E-state index is 6.31. The van der Waals surface area contributed by atoms with Crippen molar-refractivity contribution in [2.24, 2.45) is 35.5 Å². The molecule has 0 amide bonds. The molecule has 8 unspecified atom stereocenters. The van der Waals surface area contributed by atoms with Gasteiger partial charge in [0.1, 0.15) is 0 Å². The molecule has 0 aromatic rings. The van der Waals surface area contributed by atoms with Gasteiger partial charge < -0.3 is 53.1 Å². The summed E-state index contributed by atoms with van der Waals surface area (Å²) in [5.41, 5.74) is 0.587. The fraction of sp³-hybridized carbons (Fsp3) is 1.00. The van der Waals surface area contributed by atoms with Crippen molar-refractivity contribution in [3.8, 4) is 0 Å². The van der Waals surface area contributed by atoms with Gasteiger partial charge in [-0.05, 0) is 219 Å². The van der Waals surface area contributed by atoms with Gasteiger partial charge in [0.15, 0.2) is 0 Å². The molecule has 0 bridgehead atoms. The highest BCUT2D eigenvalue weighted by atomic mass is 33.1. The third kappa shape index (κ3) is 34.9. The first kappa shape index (κ1) is 85.3. The Labute approximate surface area is 567 Å². The number of thioether (sulfide) groups is 2. The predicted octanol–water partition coefficient (Wildman–Crippen LogP) is 19.5. The summed E-state index contributed by atoms with van der Waals surface area (Å²) in [5.74, 6) is 16.8. The van der Waals surface area contributed by atoms with Gasteiger partial charge >= 0.3 is 35.2 Å². The average Bonchev–Trinajstić information content (AvgIpc) is 3.98. The van der Waals surface area contributed by atoms with Crippen molar-refractivity contribution in [1.29, 1.82) is 0 Å². The molecule has 0 saturated heterocycles. The number of hydrogen-bond donors (Lipinski definition) is 0. The maximum Gasteiger partial charge on any atom is 0.503 e. The lowest BCUT2D eigenvalue weighted by molar-refractivity contribution is 0.0614. The van der Waals surface area contributed by atoms with Crippen LogP contribution in [0.3, 0.4) is 0 Å². The van der Waals surface area contributed by atoms with E-state index in [9.17, 15) is 0 Å². The molecular weight excluding hydrogens is 1310 g/mol. The van der Waals surface area contributed by atoms with Crippen LogP contribution < -0.4 is 0 Å². The smallest absolute Gasteiger partial charge is 0.374 e. The average molecular weight is 1440 g/mol. The van der Waals surface area contributed by atoms with Crippen molar-refractivity contribution in [3.63, 3.8) is 0 Å². The molecule has 8 atom stereocenters. The normalized spacial score (nSPS) is 21.0. The largest absolute Gasteiger partial charge is 0.503 e. The molecule has 86 heavy (non-hydrogen) atoms. The Morgan fingerprint density at radius 2 is 0.605 bits per heavy atom. The molecule has 2 aliphatic rings. The minimum absolute atomic E-state index is 0.294. The Morgan fingerprint density at radius 1 is 0.326 bits per heavy atom. The minimum Gasteiger partial charge on any atom is -0.374 e. The highest BCUT2D eigenvalue weighted by Gasteiger charge is 2.48. The van der Waals surface area contributed by atoms with Crippen LogP contribution in [0.1, 0.15) is 200 Å². The van der Waals surface area contributed by atoms with Crippen molar-refractivity contribution in [1.82, 2.24) is 0 Å². The monoisotopic (exact) mass is 1430 g/mol. The topological polar surface area (TPSA) is 111 Å². The lowest BCUT2D eigenvalue weighted by Gasteiger charge is -2.33. The Kier molecular flexibility index (Phi) is 53.8. The van der Waals surface area contributed by atoms with Gasteiger partial charge in [-0.2, -0.15) is 23.5 Å². The first-order chi connectivity index (χ1) is 41.9. The van der Waals surface area contributed by atoms with E-state index < -0.39 is 35.2 Å². The molecule has 0 N–H and O–H groups in total. The van der Waals surface area contributed by atoms with Crippen LogP contribution in [0, 0.1) is 35.5 Å². The summed E-state index contributed by atoms with van der Waals surface area (Å²) in [6.45, 7) is 37.0. The van der Waals surface area contributed by atoms with Crippen LogP contribution in [0.2, 0.25) is 23.2 Å². The van der Waals surface area contributed by atoms with Crippen molar-refractivity contribution in [3.05, 3.63) is 0 Å². The second-order valence-corrected chi connectivity index (χ2v) is 44.7. The fourth-order valence-electron chi connectivity index (χ4n) is 12.5. The molecule has 12 nitrogen and oxygen atoms in total. The molecule has 2 fully saturated rings. The predicted molar refractivity (Wildman–Crippen MR) is 395 cm³/mol. The van der Waals surface area contributed by atoms with E-state index >= 15 is 0 Å².